The van der Waals surface area contributed by atoms with E-state index >= 15 is 0 Å². The van der Waals surface area contributed by atoms with Gasteiger partial charge >= 0.3 is 0 Å². The average Bonchev–Trinajstić information content (AvgIpc) is 2.52. The van der Waals surface area contributed by atoms with Gasteiger partial charge in [-0.2, -0.15) is 0 Å². The van der Waals surface area contributed by atoms with Crippen LogP contribution in [-0.4, -0.2) is 35.0 Å². The Morgan fingerprint density at radius 2 is 2.00 bits per heavy atom. The molecule has 0 radical (unpaired) electrons. The van der Waals surface area contributed by atoms with E-state index in [2.05, 4.69) is 4.98 Å². The van der Waals surface area contributed by atoms with Gasteiger partial charge in [0, 0.05) is 24.7 Å². The first-order chi connectivity index (χ1) is 10.5. The third-order valence-electron chi connectivity index (χ3n) is 3.47. The molecule has 22 heavy (non-hydrogen) atoms. The van der Waals surface area contributed by atoms with Gasteiger partial charge in [-0.25, -0.2) is 0 Å². The number of nitrogens with zero attached hydrogens (tertiary/aromatic N) is 2. The number of fused-ring (bicyclic) bond motifs is 1. The van der Waals surface area contributed by atoms with Gasteiger partial charge in [0.05, 0.1) is 10.0 Å². The molecule has 0 aliphatic rings. The molecule has 0 N–H and O–H groups in total. The highest BCUT2D eigenvalue weighted by Crippen LogP contribution is 2.37. The predicted molar refractivity (Wildman–Crippen MR) is 89.8 cm³/mol. The third kappa shape index (κ3) is 3.28. The average molecular weight is 341 g/mol. The molecule has 1 aromatic heterocycles. The molecule has 0 aliphatic carbocycles. The van der Waals surface area contributed by atoms with Gasteiger partial charge in [0.1, 0.15) is 5.52 Å². The fourth-order valence-electron chi connectivity index (χ4n) is 2.28. The van der Waals surface area contributed by atoms with E-state index in [1.54, 1.807) is 30.2 Å². The van der Waals surface area contributed by atoms with E-state index in [9.17, 15) is 4.79 Å². The number of benzene rings is 1. The molecule has 1 atom stereocenters. The van der Waals surface area contributed by atoms with Crippen LogP contribution in [0.3, 0.4) is 0 Å². The molecule has 0 aliphatic heterocycles. The van der Waals surface area contributed by atoms with Crippen molar-refractivity contribution in [2.75, 3.05) is 13.1 Å². The number of halogens is 2. The number of carbonyl (C=O) groups is 1. The van der Waals surface area contributed by atoms with E-state index in [0.717, 1.165) is 5.39 Å². The Morgan fingerprint density at radius 1 is 1.32 bits per heavy atom. The topological polar surface area (TPSA) is 42.4 Å². The summed E-state index contributed by atoms with van der Waals surface area (Å²) in [5.41, 5.74) is 0.555. The van der Waals surface area contributed by atoms with Crippen molar-refractivity contribution >= 4 is 40.0 Å². The van der Waals surface area contributed by atoms with Crippen molar-refractivity contribution in [3.8, 4) is 5.75 Å². The molecule has 118 valence electrons. The lowest BCUT2D eigenvalue weighted by Crippen LogP contribution is -2.40. The van der Waals surface area contributed by atoms with Crippen LogP contribution in [0, 0.1) is 0 Å². The van der Waals surface area contributed by atoms with E-state index in [1.165, 1.54) is 0 Å². The van der Waals surface area contributed by atoms with Crippen LogP contribution in [-0.2, 0) is 4.79 Å². The number of pyridine rings is 1. The van der Waals surface area contributed by atoms with Crippen LogP contribution in [0.25, 0.3) is 10.9 Å². The molecular weight excluding hydrogens is 323 g/mol. The number of likely N-dealkylation sites (N-methyl/N-ethyl adjacent to an activating group) is 1. The maximum Gasteiger partial charge on any atom is 0.263 e. The Bertz CT molecular complexity index is 687. The largest absolute Gasteiger partial charge is 0.477 e. The summed E-state index contributed by atoms with van der Waals surface area (Å²) < 4.78 is 5.82. The van der Waals surface area contributed by atoms with Gasteiger partial charge in [-0.05, 0) is 39.0 Å². The number of hydrogen-bond acceptors (Lipinski definition) is 3. The lowest BCUT2D eigenvalue weighted by atomic mass is 10.2. The lowest BCUT2D eigenvalue weighted by molar-refractivity contribution is -0.137. The molecule has 4 nitrogen and oxygen atoms in total. The molecule has 2 aromatic rings. The summed E-state index contributed by atoms with van der Waals surface area (Å²) in [6.07, 6.45) is 0.988. The van der Waals surface area contributed by atoms with Crippen LogP contribution >= 0.6 is 23.2 Å². The van der Waals surface area contributed by atoms with E-state index in [-0.39, 0.29) is 5.91 Å². The SMILES string of the molecule is CCN(CC)C(=O)C(C)Oc1c(Cl)cc(Cl)c2cccnc12. The summed E-state index contributed by atoms with van der Waals surface area (Å²) in [5, 5.41) is 1.59. The molecule has 0 fully saturated rings. The Hall–Kier alpha value is -1.52. The molecule has 1 unspecified atom stereocenters. The van der Waals surface area contributed by atoms with Crippen molar-refractivity contribution in [3.05, 3.63) is 34.4 Å². The summed E-state index contributed by atoms with van der Waals surface area (Å²) in [5.74, 6) is 0.301. The quantitative estimate of drug-likeness (QED) is 0.819. The zero-order chi connectivity index (χ0) is 16.3. The smallest absolute Gasteiger partial charge is 0.263 e. The number of amides is 1. The maximum atomic E-state index is 12.3. The standard InChI is InChI=1S/C16H18Cl2N2O2/c1-4-20(5-2)16(21)10(3)22-15-13(18)9-12(17)11-7-6-8-19-14(11)15/h6-10H,4-5H2,1-3H3. The summed E-state index contributed by atoms with van der Waals surface area (Å²) in [6, 6.07) is 5.23. The Balaban J connectivity index is 2.37. The monoisotopic (exact) mass is 340 g/mol. The van der Waals surface area contributed by atoms with E-state index in [0.29, 0.717) is 34.4 Å². The van der Waals surface area contributed by atoms with E-state index < -0.39 is 6.10 Å². The zero-order valence-corrected chi connectivity index (χ0v) is 14.3. The van der Waals surface area contributed by atoms with Gasteiger partial charge in [0.2, 0.25) is 0 Å². The molecule has 0 saturated heterocycles. The van der Waals surface area contributed by atoms with E-state index in [1.807, 2.05) is 19.9 Å². The van der Waals surface area contributed by atoms with Crippen LogP contribution in [0.2, 0.25) is 10.0 Å². The van der Waals surface area contributed by atoms with Gasteiger partial charge in [-0.15, -0.1) is 0 Å². The van der Waals surface area contributed by atoms with Gasteiger partial charge in [-0.3, -0.25) is 9.78 Å². The molecule has 2 rings (SSSR count). The number of hydrogen-bond donors (Lipinski definition) is 0. The Morgan fingerprint density at radius 3 is 2.64 bits per heavy atom. The second kappa shape index (κ2) is 7.16. The van der Waals surface area contributed by atoms with Crippen molar-refractivity contribution in [1.29, 1.82) is 0 Å². The molecule has 6 heteroatoms. The normalized spacial score (nSPS) is 12.2. The maximum absolute atomic E-state index is 12.3. The second-order valence-electron chi connectivity index (χ2n) is 4.84. The van der Waals surface area contributed by atoms with Gasteiger partial charge in [-0.1, -0.05) is 23.2 Å². The summed E-state index contributed by atoms with van der Waals surface area (Å²) in [6.45, 7) is 6.84. The van der Waals surface area contributed by atoms with Crippen LogP contribution in [0.4, 0.5) is 0 Å². The number of carbonyl (C=O) groups excluding carboxylic acids is 1. The molecule has 1 amide bonds. The summed E-state index contributed by atoms with van der Waals surface area (Å²) >= 11 is 12.4. The van der Waals surface area contributed by atoms with Crippen LogP contribution < -0.4 is 4.74 Å². The van der Waals surface area contributed by atoms with Gasteiger partial charge in [0.15, 0.2) is 11.9 Å². The third-order valence-corrected chi connectivity index (χ3v) is 4.06. The first-order valence-electron chi connectivity index (χ1n) is 7.17. The Kier molecular flexibility index (Phi) is 5.48. The number of rotatable bonds is 5. The van der Waals surface area contributed by atoms with E-state index in [4.69, 9.17) is 27.9 Å². The highest BCUT2D eigenvalue weighted by Gasteiger charge is 2.22. The molecule has 0 saturated carbocycles. The first kappa shape index (κ1) is 16.8. The molecule has 1 aromatic carbocycles. The van der Waals surface area contributed by atoms with Crippen molar-refractivity contribution in [2.24, 2.45) is 0 Å². The van der Waals surface area contributed by atoms with Crippen LogP contribution in [0.1, 0.15) is 20.8 Å². The van der Waals surface area contributed by atoms with Crippen molar-refractivity contribution in [1.82, 2.24) is 9.88 Å². The minimum atomic E-state index is -0.649. The molecule has 0 bridgehead atoms. The first-order valence-corrected chi connectivity index (χ1v) is 7.93. The number of aromatic nitrogens is 1. The van der Waals surface area contributed by atoms with Gasteiger partial charge in [0.25, 0.3) is 5.91 Å². The Labute approximate surface area is 140 Å². The summed E-state index contributed by atoms with van der Waals surface area (Å²) in [7, 11) is 0. The highest BCUT2D eigenvalue weighted by atomic mass is 35.5. The van der Waals surface area contributed by atoms with Crippen LogP contribution in [0.15, 0.2) is 24.4 Å². The summed E-state index contributed by atoms with van der Waals surface area (Å²) in [4.78, 5) is 18.3. The highest BCUT2D eigenvalue weighted by molar-refractivity contribution is 6.39. The molecule has 0 spiro atoms. The van der Waals surface area contributed by atoms with Crippen molar-refractivity contribution in [2.45, 2.75) is 26.9 Å². The van der Waals surface area contributed by atoms with Crippen molar-refractivity contribution in [3.63, 3.8) is 0 Å². The van der Waals surface area contributed by atoms with Crippen LogP contribution in [0.5, 0.6) is 5.75 Å². The minimum Gasteiger partial charge on any atom is -0.477 e. The lowest BCUT2D eigenvalue weighted by Gasteiger charge is -2.24. The van der Waals surface area contributed by atoms with Gasteiger partial charge < -0.3 is 9.64 Å². The molecule has 1 heterocycles. The fourth-order valence-corrected chi connectivity index (χ4v) is 2.84. The number of ether oxygens (including phenoxy) is 1. The minimum absolute atomic E-state index is 0.0832. The molecular formula is C16H18Cl2N2O2. The predicted octanol–water partition coefficient (Wildman–Crippen LogP) is 4.18. The zero-order valence-electron chi connectivity index (χ0n) is 12.8. The second-order valence-corrected chi connectivity index (χ2v) is 5.65. The fraction of sp³-hybridized carbons (Fsp3) is 0.375. The van der Waals surface area contributed by atoms with Crippen molar-refractivity contribution < 1.29 is 9.53 Å².